The Hall–Kier alpha value is -1.49. The quantitative estimate of drug-likeness (QED) is 0.266. The first-order valence-corrected chi connectivity index (χ1v) is 10.7. The molecule has 0 aliphatic heterocycles. The van der Waals surface area contributed by atoms with Crippen molar-refractivity contribution >= 4 is 23.7 Å². The van der Waals surface area contributed by atoms with Crippen molar-refractivity contribution in [2.45, 2.75) is 83.5 Å². The minimum absolute atomic E-state index is 0.114. The van der Waals surface area contributed by atoms with Gasteiger partial charge in [0.1, 0.15) is 5.75 Å². The zero-order valence-corrected chi connectivity index (χ0v) is 17.4. The van der Waals surface area contributed by atoms with Gasteiger partial charge >= 0.3 is 5.97 Å². The molecule has 0 fully saturated rings. The Morgan fingerprint density at radius 1 is 0.963 bits per heavy atom. The summed E-state index contributed by atoms with van der Waals surface area (Å²) in [7, 11) is 0. The van der Waals surface area contributed by atoms with Crippen LogP contribution in [0.2, 0.25) is 0 Å². The first-order chi connectivity index (χ1) is 13.1. The van der Waals surface area contributed by atoms with Crippen LogP contribution in [0, 0.1) is 0 Å². The van der Waals surface area contributed by atoms with Crippen LogP contribution in [0.3, 0.4) is 0 Å². The van der Waals surface area contributed by atoms with Gasteiger partial charge in [-0.15, -0.1) is 12.6 Å². The lowest BCUT2D eigenvalue weighted by Gasteiger charge is -2.16. The van der Waals surface area contributed by atoms with Crippen LogP contribution in [0.15, 0.2) is 24.3 Å². The summed E-state index contributed by atoms with van der Waals surface area (Å²) in [6, 6.07) is 7.75. The summed E-state index contributed by atoms with van der Waals surface area (Å²) >= 11 is 4.00. The van der Waals surface area contributed by atoms with E-state index in [1.165, 1.54) is 25.7 Å². The second kappa shape index (κ2) is 14.6. The molecular formula is C22H34O4S. The molecule has 0 aromatic heterocycles. The summed E-state index contributed by atoms with van der Waals surface area (Å²) in [5.41, 5.74) is 0.933. The Kier molecular flexibility index (Phi) is 12.7. The molecule has 0 aliphatic rings. The summed E-state index contributed by atoms with van der Waals surface area (Å²) in [6.07, 6.45) is 11.0. The Morgan fingerprint density at radius 3 is 2.07 bits per heavy atom. The molecule has 0 saturated heterocycles. The van der Waals surface area contributed by atoms with Gasteiger partial charge in [0, 0.05) is 12.0 Å². The lowest BCUT2D eigenvalue weighted by Crippen LogP contribution is -2.09. The summed E-state index contributed by atoms with van der Waals surface area (Å²) in [6.45, 7) is 2.66. The van der Waals surface area contributed by atoms with Gasteiger partial charge in [0.05, 0.1) is 12.5 Å². The highest BCUT2D eigenvalue weighted by Crippen LogP contribution is 2.30. The zero-order valence-electron chi connectivity index (χ0n) is 16.5. The fraction of sp³-hybridized carbons (Fsp3) is 0.636. The molecule has 1 aromatic carbocycles. The van der Waals surface area contributed by atoms with Crippen LogP contribution in [0.25, 0.3) is 0 Å². The molecule has 0 amide bonds. The van der Waals surface area contributed by atoms with Crippen LogP contribution in [0.5, 0.6) is 5.75 Å². The van der Waals surface area contributed by atoms with E-state index >= 15 is 0 Å². The topological polar surface area (TPSA) is 63.6 Å². The first kappa shape index (κ1) is 23.5. The molecule has 0 spiro atoms. The summed E-state index contributed by atoms with van der Waals surface area (Å²) < 4.78 is 5.93. The lowest BCUT2D eigenvalue weighted by atomic mass is 9.97. The largest absolute Gasteiger partial charge is 0.493 e. The molecule has 0 heterocycles. The third-order valence-electron chi connectivity index (χ3n) is 4.79. The van der Waals surface area contributed by atoms with Crippen LogP contribution in [-0.2, 0) is 9.59 Å². The number of hydrogen-bond donors (Lipinski definition) is 2. The van der Waals surface area contributed by atoms with Gasteiger partial charge in [-0.3, -0.25) is 9.59 Å². The van der Waals surface area contributed by atoms with Crippen LogP contribution in [0.1, 0.15) is 89.0 Å². The Balaban J connectivity index is 2.12. The van der Waals surface area contributed by atoms with E-state index in [0.717, 1.165) is 49.8 Å². The Labute approximate surface area is 169 Å². The number of hydrogen-bond acceptors (Lipinski definition) is 3. The predicted molar refractivity (Wildman–Crippen MR) is 113 cm³/mol. The van der Waals surface area contributed by atoms with Gasteiger partial charge < -0.3 is 9.84 Å². The van der Waals surface area contributed by atoms with E-state index in [-0.39, 0.29) is 11.0 Å². The van der Waals surface area contributed by atoms with E-state index in [1.807, 2.05) is 31.2 Å². The zero-order chi connectivity index (χ0) is 19.9. The van der Waals surface area contributed by atoms with Crippen molar-refractivity contribution in [2.24, 2.45) is 0 Å². The summed E-state index contributed by atoms with van der Waals surface area (Å²) in [4.78, 5) is 22.1. The van der Waals surface area contributed by atoms with Gasteiger partial charge in [-0.1, -0.05) is 70.1 Å². The number of carboxylic acid groups (broad SMARTS) is 1. The Bertz CT molecular complexity index is 559. The van der Waals surface area contributed by atoms with Gasteiger partial charge in [0.15, 0.2) is 5.12 Å². The normalized spacial score (nSPS) is 11.9. The average Bonchev–Trinajstić information content (AvgIpc) is 2.63. The minimum atomic E-state index is -0.692. The maximum absolute atomic E-state index is 11.7. The number of carbonyl (C=O) groups is 2. The average molecular weight is 395 g/mol. The van der Waals surface area contributed by atoms with E-state index in [0.29, 0.717) is 13.0 Å². The molecule has 4 nitrogen and oxygen atoms in total. The van der Waals surface area contributed by atoms with Crippen molar-refractivity contribution in [1.82, 2.24) is 0 Å². The number of carboxylic acids is 1. The SMILES string of the molecule is CCC(C(=O)S)c1ccccc1OCCCCCCCCCCCC(=O)O. The number of benzene rings is 1. The molecule has 1 unspecified atom stereocenters. The minimum Gasteiger partial charge on any atom is -0.493 e. The molecule has 27 heavy (non-hydrogen) atoms. The summed E-state index contributed by atoms with van der Waals surface area (Å²) in [5, 5.41) is 8.47. The third-order valence-corrected chi connectivity index (χ3v) is 5.10. The van der Waals surface area contributed by atoms with Gasteiger partial charge in [-0.2, -0.15) is 0 Å². The van der Waals surface area contributed by atoms with Crippen LogP contribution >= 0.6 is 12.6 Å². The van der Waals surface area contributed by atoms with Crippen LogP contribution < -0.4 is 4.74 Å². The molecule has 0 bridgehead atoms. The van der Waals surface area contributed by atoms with E-state index in [4.69, 9.17) is 9.84 Å². The van der Waals surface area contributed by atoms with E-state index in [1.54, 1.807) is 0 Å². The molecule has 1 N–H and O–H groups in total. The molecular weight excluding hydrogens is 360 g/mol. The van der Waals surface area contributed by atoms with Crippen molar-refractivity contribution in [2.75, 3.05) is 6.61 Å². The predicted octanol–water partition coefficient (Wildman–Crippen LogP) is 6.00. The molecule has 5 heteroatoms. The van der Waals surface area contributed by atoms with Crippen molar-refractivity contribution < 1.29 is 19.4 Å². The number of para-hydroxylation sites is 1. The first-order valence-electron chi connectivity index (χ1n) is 10.2. The highest BCUT2D eigenvalue weighted by Gasteiger charge is 2.19. The Morgan fingerprint density at radius 2 is 1.52 bits per heavy atom. The van der Waals surface area contributed by atoms with E-state index in [2.05, 4.69) is 12.6 Å². The smallest absolute Gasteiger partial charge is 0.303 e. The second-order valence-electron chi connectivity index (χ2n) is 7.01. The fourth-order valence-electron chi connectivity index (χ4n) is 3.23. The number of rotatable bonds is 16. The molecule has 1 atom stereocenters. The number of thiol groups is 1. The molecule has 1 aromatic rings. The molecule has 0 radical (unpaired) electrons. The molecule has 0 aliphatic carbocycles. The standard InChI is InChI=1S/C22H34O4S/c1-2-18(22(25)27)19-14-11-12-15-20(19)26-17-13-9-7-5-3-4-6-8-10-16-21(23)24/h11-12,14-15,18H,2-10,13,16-17H2,1H3,(H,23,24)(H,25,27). The van der Waals surface area contributed by atoms with E-state index in [9.17, 15) is 9.59 Å². The number of ether oxygens (including phenoxy) is 1. The monoisotopic (exact) mass is 394 g/mol. The lowest BCUT2D eigenvalue weighted by molar-refractivity contribution is -0.137. The van der Waals surface area contributed by atoms with Gasteiger partial charge in [0.25, 0.3) is 0 Å². The molecule has 0 saturated carbocycles. The number of unbranched alkanes of at least 4 members (excludes halogenated alkanes) is 8. The summed E-state index contributed by atoms with van der Waals surface area (Å²) in [5.74, 6) is -0.101. The fourth-order valence-corrected chi connectivity index (χ4v) is 3.55. The van der Waals surface area contributed by atoms with E-state index < -0.39 is 5.97 Å². The van der Waals surface area contributed by atoms with Gasteiger partial charge in [-0.05, 0) is 25.3 Å². The van der Waals surface area contributed by atoms with Gasteiger partial charge in [0.2, 0.25) is 0 Å². The molecule has 1 rings (SSSR count). The van der Waals surface area contributed by atoms with Gasteiger partial charge in [-0.25, -0.2) is 0 Å². The highest BCUT2D eigenvalue weighted by atomic mass is 32.1. The third kappa shape index (κ3) is 10.4. The number of carbonyl (C=O) groups excluding carboxylic acids is 1. The van der Waals surface area contributed by atoms with Crippen molar-refractivity contribution in [1.29, 1.82) is 0 Å². The maximum Gasteiger partial charge on any atom is 0.303 e. The maximum atomic E-state index is 11.7. The van der Waals surface area contributed by atoms with Crippen LogP contribution in [0.4, 0.5) is 0 Å². The van der Waals surface area contributed by atoms with Crippen molar-refractivity contribution in [3.63, 3.8) is 0 Å². The van der Waals surface area contributed by atoms with Crippen LogP contribution in [-0.4, -0.2) is 22.8 Å². The molecule has 152 valence electrons. The highest BCUT2D eigenvalue weighted by molar-refractivity contribution is 7.96. The second-order valence-corrected chi connectivity index (χ2v) is 7.45. The van der Waals surface area contributed by atoms with Crippen molar-refractivity contribution in [3.8, 4) is 5.75 Å². The number of aliphatic carboxylic acids is 1. The van der Waals surface area contributed by atoms with Crippen molar-refractivity contribution in [3.05, 3.63) is 29.8 Å².